The van der Waals surface area contributed by atoms with Gasteiger partial charge in [-0.2, -0.15) is 0 Å². The Balaban J connectivity index is 2.09. The molecule has 6 heteroatoms. The van der Waals surface area contributed by atoms with Gasteiger partial charge in [-0.05, 0) is 5.92 Å². The zero-order chi connectivity index (χ0) is 12.3. The van der Waals surface area contributed by atoms with Crippen LogP contribution in [0.3, 0.4) is 0 Å². The number of nitrogens with two attached hydrogens (primary N) is 1. The van der Waals surface area contributed by atoms with E-state index in [0.29, 0.717) is 12.5 Å². The number of nitrogens with zero attached hydrogens (tertiary/aromatic N) is 5. The first-order chi connectivity index (χ1) is 8.16. The molecule has 2 aromatic heterocycles. The predicted octanol–water partition coefficient (Wildman–Crippen LogP) is 0.772. The van der Waals surface area contributed by atoms with E-state index < -0.39 is 0 Å². The predicted molar refractivity (Wildman–Crippen MR) is 62.9 cm³/mol. The number of aromatic nitrogens is 5. The summed E-state index contributed by atoms with van der Waals surface area (Å²) >= 11 is 0. The quantitative estimate of drug-likeness (QED) is 0.842. The summed E-state index contributed by atoms with van der Waals surface area (Å²) < 4.78 is 1.72. The second-order valence-corrected chi connectivity index (χ2v) is 4.31. The van der Waals surface area contributed by atoms with Crippen molar-refractivity contribution in [2.24, 2.45) is 11.7 Å². The van der Waals surface area contributed by atoms with Gasteiger partial charge in [0, 0.05) is 12.4 Å². The zero-order valence-electron chi connectivity index (χ0n) is 9.98. The summed E-state index contributed by atoms with van der Waals surface area (Å²) in [5, 5.41) is 8.11. The first kappa shape index (κ1) is 11.7. The Kier molecular flexibility index (Phi) is 3.43. The van der Waals surface area contributed by atoms with Crippen LogP contribution in [0.1, 0.15) is 31.3 Å². The van der Waals surface area contributed by atoms with Crippen LogP contribution in [-0.2, 0) is 6.54 Å². The van der Waals surface area contributed by atoms with Gasteiger partial charge in [0.25, 0.3) is 0 Å². The molecule has 0 spiro atoms. The van der Waals surface area contributed by atoms with Crippen LogP contribution >= 0.6 is 0 Å². The molecule has 1 unspecified atom stereocenters. The van der Waals surface area contributed by atoms with Crippen molar-refractivity contribution >= 4 is 0 Å². The second-order valence-electron chi connectivity index (χ2n) is 4.31. The average Bonchev–Trinajstić information content (AvgIpc) is 2.77. The van der Waals surface area contributed by atoms with Crippen LogP contribution in [0.5, 0.6) is 0 Å². The maximum Gasteiger partial charge on any atom is 0.0996 e. The molecule has 0 aliphatic heterocycles. The van der Waals surface area contributed by atoms with E-state index in [1.165, 1.54) is 0 Å². The average molecular weight is 232 g/mol. The number of hydrogen-bond donors (Lipinski definition) is 1. The molecule has 2 N–H and O–H groups in total. The lowest BCUT2D eigenvalue weighted by molar-refractivity contribution is 0.502. The minimum Gasteiger partial charge on any atom is -0.322 e. The van der Waals surface area contributed by atoms with Crippen LogP contribution in [0, 0.1) is 5.92 Å². The number of hydrogen-bond acceptors (Lipinski definition) is 5. The zero-order valence-corrected chi connectivity index (χ0v) is 9.98. The fourth-order valence-electron chi connectivity index (χ4n) is 1.46. The standard InChI is InChI=1S/C11H16N6/c1-8(2)11(12)10-7-17(16-15-10)6-9-5-13-3-4-14-9/h3-5,7-8,11H,6,12H2,1-2H3. The van der Waals surface area contributed by atoms with Gasteiger partial charge in [-0.1, -0.05) is 19.1 Å². The molecule has 0 aliphatic rings. The van der Waals surface area contributed by atoms with Gasteiger partial charge in [-0.25, -0.2) is 4.68 Å². The first-order valence-corrected chi connectivity index (χ1v) is 5.57. The van der Waals surface area contributed by atoms with Crippen LogP contribution in [0.15, 0.2) is 24.8 Å². The molecule has 2 aromatic rings. The van der Waals surface area contributed by atoms with E-state index in [4.69, 9.17) is 5.73 Å². The molecule has 0 amide bonds. The van der Waals surface area contributed by atoms with Gasteiger partial charge in [0.15, 0.2) is 0 Å². The van der Waals surface area contributed by atoms with E-state index in [0.717, 1.165) is 11.4 Å². The second kappa shape index (κ2) is 5.01. The lowest BCUT2D eigenvalue weighted by Gasteiger charge is -2.11. The van der Waals surface area contributed by atoms with E-state index >= 15 is 0 Å². The molecular weight excluding hydrogens is 216 g/mol. The Morgan fingerprint density at radius 3 is 2.82 bits per heavy atom. The minimum absolute atomic E-state index is 0.0781. The third-order valence-electron chi connectivity index (χ3n) is 2.56. The summed E-state index contributed by atoms with van der Waals surface area (Å²) in [6.07, 6.45) is 6.88. The van der Waals surface area contributed by atoms with Gasteiger partial charge in [0.2, 0.25) is 0 Å². The van der Waals surface area contributed by atoms with Crippen molar-refractivity contribution in [3.63, 3.8) is 0 Å². The fraction of sp³-hybridized carbons (Fsp3) is 0.455. The molecule has 0 radical (unpaired) electrons. The Morgan fingerprint density at radius 1 is 1.35 bits per heavy atom. The molecule has 6 nitrogen and oxygen atoms in total. The van der Waals surface area contributed by atoms with Crippen LogP contribution < -0.4 is 5.73 Å². The molecule has 2 heterocycles. The summed E-state index contributed by atoms with van der Waals surface area (Å²) in [4.78, 5) is 8.18. The maximum absolute atomic E-state index is 6.00. The van der Waals surface area contributed by atoms with Gasteiger partial charge < -0.3 is 5.73 Å². The van der Waals surface area contributed by atoms with Crippen molar-refractivity contribution in [2.75, 3.05) is 0 Å². The summed E-state index contributed by atoms with van der Waals surface area (Å²) in [5.74, 6) is 0.344. The Bertz CT molecular complexity index is 464. The largest absolute Gasteiger partial charge is 0.322 e. The molecule has 0 aliphatic carbocycles. The van der Waals surface area contributed by atoms with E-state index in [9.17, 15) is 0 Å². The smallest absolute Gasteiger partial charge is 0.0996 e. The van der Waals surface area contributed by atoms with Crippen LogP contribution in [0.4, 0.5) is 0 Å². The summed E-state index contributed by atoms with van der Waals surface area (Å²) in [6.45, 7) is 4.68. The van der Waals surface area contributed by atoms with Gasteiger partial charge in [-0.15, -0.1) is 5.10 Å². The van der Waals surface area contributed by atoms with E-state index in [1.54, 1.807) is 23.3 Å². The van der Waals surface area contributed by atoms with Crippen LogP contribution in [0.25, 0.3) is 0 Å². The normalized spacial score (nSPS) is 12.9. The highest BCUT2D eigenvalue weighted by molar-refractivity contribution is 5.02. The van der Waals surface area contributed by atoms with E-state index in [-0.39, 0.29) is 6.04 Å². The SMILES string of the molecule is CC(C)C(N)c1cn(Cc2cnccn2)nn1. The van der Waals surface area contributed by atoms with Crippen molar-refractivity contribution in [2.45, 2.75) is 26.4 Å². The third kappa shape index (κ3) is 2.85. The monoisotopic (exact) mass is 232 g/mol. The van der Waals surface area contributed by atoms with Gasteiger partial charge >= 0.3 is 0 Å². The minimum atomic E-state index is -0.0781. The lowest BCUT2D eigenvalue weighted by atomic mass is 10.0. The van der Waals surface area contributed by atoms with Crippen molar-refractivity contribution in [3.05, 3.63) is 36.2 Å². The summed E-state index contributed by atoms with van der Waals surface area (Å²) in [6, 6.07) is -0.0781. The molecule has 1 atom stereocenters. The summed E-state index contributed by atoms with van der Waals surface area (Å²) in [7, 11) is 0. The topological polar surface area (TPSA) is 82.5 Å². The van der Waals surface area contributed by atoms with Crippen molar-refractivity contribution in [3.8, 4) is 0 Å². The van der Waals surface area contributed by atoms with Gasteiger partial charge in [-0.3, -0.25) is 9.97 Å². The van der Waals surface area contributed by atoms with Crippen molar-refractivity contribution < 1.29 is 0 Å². The number of rotatable bonds is 4. The molecule has 0 saturated carbocycles. The molecule has 0 fully saturated rings. The van der Waals surface area contributed by atoms with Gasteiger partial charge in [0.1, 0.15) is 0 Å². The van der Waals surface area contributed by atoms with Gasteiger partial charge in [0.05, 0.1) is 36.4 Å². The highest BCUT2D eigenvalue weighted by Gasteiger charge is 2.14. The molecule has 17 heavy (non-hydrogen) atoms. The summed E-state index contributed by atoms with van der Waals surface area (Å²) in [5.41, 5.74) is 7.66. The molecular formula is C11H16N6. The van der Waals surface area contributed by atoms with Crippen molar-refractivity contribution in [1.29, 1.82) is 0 Å². The molecule has 90 valence electrons. The lowest BCUT2D eigenvalue weighted by Crippen LogP contribution is -2.17. The van der Waals surface area contributed by atoms with Crippen LogP contribution in [0.2, 0.25) is 0 Å². The molecule has 0 saturated heterocycles. The Hall–Kier alpha value is -1.82. The molecule has 0 bridgehead atoms. The van der Waals surface area contributed by atoms with E-state index in [1.807, 2.05) is 6.20 Å². The maximum atomic E-state index is 6.00. The Labute approximate surface area is 99.9 Å². The third-order valence-corrected chi connectivity index (χ3v) is 2.56. The molecule has 0 aromatic carbocycles. The first-order valence-electron chi connectivity index (χ1n) is 5.57. The molecule has 2 rings (SSSR count). The highest BCUT2D eigenvalue weighted by atomic mass is 15.4. The van der Waals surface area contributed by atoms with Crippen molar-refractivity contribution in [1.82, 2.24) is 25.0 Å². The Morgan fingerprint density at radius 2 is 2.18 bits per heavy atom. The highest BCUT2D eigenvalue weighted by Crippen LogP contribution is 2.15. The van der Waals surface area contributed by atoms with E-state index in [2.05, 4.69) is 34.1 Å². The van der Waals surface area contributed by atoms with Crippen LogP contribution in [-0.4, -0.2) is 25.0 Å². The fourth-order valence-corrected chi connectivity index (χ4v) is 1.46.